The fourth-order valence-corrected chi connectivity index (χ4v) is 3.51. The van der Waals surface area contributed by atoms with Crippen LogP contribution in [0.2, 0.25) is 0 Å². The Balaban J connectivity index is 1.92. The summed E-state index contributed by atoms with van der Waals surface area (Å²) >= 11 is 1.68. The van der Waals surface area contributed by atoms with Gasteiger partial charge in [0.15, 0.2) is 0 Å². The van der Waals surface area contributed by atoms with Crippen molar-refractivity contribution in [2.75, 3.05) is 0 Å². The maximum absolute atomic E-state index is 9.39. The van der Waals surface area contributed by atoms with Crippen molar-refractivity contribution >= 4 is 33.3 Å². The number of phenolic OH excluding ortho intramolecular Hbond substituents is 1. The molecule has 0 saturated carbocycles. The number of rotatable bonds is 1. The molecule has 1 aliphatic rings. The summed E-state index contributed by atoms with van der Waals surface area (Å²) in [6.45, 7) is 0. The van der Waals surface area contributed by atoms with Gasteiger partial charge in [-0.1, -0.05) is 36.0 Å². The van der Waals surface area contributed by atoms with Gasteiger partial charge < -0.3 is 5.11 Å². The van der Waals surface area contributed by atoms with Gasteiger partial charge in [0.1, 0.15) is 10.8 Å². The van der Waals surface area contributed by atoms with Crippen molar-refractivity contribution in [3.8, 4) is 5.75 Å². The van der Waals surface area contributed by atoms with Crippen molar-refractivity contribution in [3.63, 3.8) is 0 Å². The van der Waals surface area contributed by atoms with Gasteiger partial charge in [-0.05, 0) is 41.8 Å². The summed E-state index contributed by atoms with van der Waals surface area (Å²) in [5, 5.41) is 12.8. The first-order valence-corrected chi connectivity index (χ1v) is 7.20. The Bertz CT molecular complexity index is 832. The number of hydrogen-bond acceptors (Lipinski definition) is 3. The zero-order chi connectivity index (χ0) is 13.5. The Hall–Kier alpha value is -2.26. The molecule has 0 saturated heterocycles. The molecule has 96 valence electrons. The average Bonchev–Trinajstić information content (AvgIpc) is 2.48. The number of benzene rings is 3. The lowest BCUT2D eigenvalue weighted by molar-refractivity contribution is 0.475. The molecule has 0 fully saturated rings. The van der Waals surface area contributed by atoms with E-state index in [4.69, 9.17) is 4.99 Å². The molecule has 0 aliphatic carbocycles. The van der Waals surface area contributed by atoms with Gasteiger partial charge in [0.05, 0.1) is 5.69 Å². The zero-order valence-corrected chi connectivity index (χ0v) is 11.4. The number of aliphatic imine (C=N–C) groups is 1. The van der Waals surface area contributed by atoms with E-state index in [1.165, 1.54) is 15.7 Å². The van der Waals surface area contributed by atoms with Gasteiger partial charge in [-0.25, -0.2) is 4.99 Å². The minimum absolute atomic E-state index is 0.276. The second kappa shape index (κ2) is 4.39. The first-order valence-electron chi connectivity index (χ1n) is 6.39. The summed E-state index contributed by atoms with van der Waals surface area (Å²) in [7, 11) is 0. The highest BCUT2D eigenvalue weighted by atomic mass is 32.2. The summed E-state index contributed by atoms with van der Waals surface area (Å²) in [6.07, 6.45) is 0. The van der Waals surface area contributed by atoms with E-state index in [2.05, 4.69) is 24.3 Å². The van der Waals surface area contributed by atoms with E-state index in [-0.39, 0.29) is 5.75 Å². The molecule has 4 rings (SSSR count). The summed E-state index contributed by atoms with van der Waals surface area (Å²) in [6, 6.07) is 19.7. The van der Waals surface area contributed by atoms with Gasteiger partial charge in [-0.2, -0.15) is 0 Å². The highest BCUT2D eigenvalue weighted by Crippen LogP contribution is 2.41. The maximum atomic E-state index is 9.39. The molecule has 1 heterocycles. The molecular weight excluding hydrogens is 266 g/mol. The number of phenols is 1. The molecule has 0 bridgehead atoms. The third kappa shape index (κ3) is 1.79. The lowest BCUT2D eigenvalue weighted by atomic mass is 10.1. The topological polar surface area (TPSA) is 32.6 Å². The van der Waals surface area contributed by atoms with Crippen molar-refractivity contribution in [1.29, 1.82) is 0 Å². The van der Waals surface area contributed by atoms with E-state index in [1.807, 2.05) is 24.3 Å². The van der Waals surface area contributed by atoms with Crippen LogP contribution >= 0.6 is 11.8 Å². The Labute approximate surface area is 120 Å². The normalized spacial score (nSPS) is 13.3. The van der Waals surface area contributed by atoms with Crippen LogP contribution in [0.4, 0.5) is 5.69 Å². The SMILES string of the molecule is Oc1ccc(C2=Nc3cccc4cccc(c34)S2)cc1. The van der Waals surface area contributed by atoms with Crippen LogP contribution in [0.25, 0.3) is 10.8 Å². The third-order valence-electron chi connectivity index (χ3n) is 3.39. The second-order valence-electron chi connectivity index (χ2n) is 4.70. The number of nitrogens with zero attached hydrogens (tertiary/aromatic N) is 1. The van der Waals surface area contributed by atoms with Crippen molar-refractivity contribution in [3.05, 3.63) is 66.2 Å². The van der Waals surface area contributed by atoms with E-state index < -0.39 is 0 Å². The Morgan fingerprint density at radius 3 is 2.40 bits per heavy atom. The highest BCUT2D eigenvalue weighted by molar-refractivity contribution is 8.14. The molecule has 0 amide bonds. The van der Waals surface area contributed by atoms with E-state index in [0.29, 0.717) is 0 Å². The fraction of sp³-hybridized carbons (Fsp3) is 0. The lowest BCUT2D eigenvalue weighted by Crippen LogP contribution is -1.99. The predicted molar refractivity (Wildman–Crippen MR) is 84.1 cm³/mol. The van der Waals surface area contributed by atoms with Crippen molar-refractivity contribution in [1.82, 2.24) is 0 Å². The van der Waals surface area contributed by atoms with Crippen LogP contribution < -0.4 is 0 Å². The van der Waals surface area contributed by atoms with Crippen molar-refractivity contribution in [2.45, 2.75) is 4.90 Å². The van der Waals surface area contributed by atoms with Crippen LogP contribution in [-0.2, 0) is 0 Å². The largest absolute Gasteiger partial charge is 0.508 e. The molecule has 0 aromatic heterocycles. The van der Waals surface area contributed by atoms with E-state index >= 15 is 0 Å². The molecule has 0 radical (unpaired) electrons. The summed E-state index contributed by atoms with van der Waals surface area (Å²) in [5.41, 5.74) is 2.04. The molecule has 3 heteroatoms. The molecule has 3 aromatic rings. The van der Waals surface area contributed by atoms with Gasteiger partial charge in [0.25, 0.3) is 0 Å². The Kier molecular flexibility index (Phi) is 2.54. The van der Waals surface area contributed by atoms with Gasteiger partial charge in [-0.15, -0.1) is 0 Å². The first-order chi connectivity index (χ1) is 9.81. The number of thioether (sulfide) groups is 1. The molecule has 2 nitrogen and oxygen atoms in total. The van der Waals surface area contributed by atoms with Crippen LogP contribution in [0.5, 0.6) is 5.75 Å². The number of hydrogen-bond donors (Lipinski definition) is 1. The minimum atomic E-state index is 0.276. The van der Waals surface area contributed by atoms with E-state index in [0.717, 1.165) is 16.3 Å². The standard InChI is InChI=1S/C17H11NOS/c19-13-9-7-12(8-10-13)17-18-14-5-1-3-11-4-2-6-15(20-17)16(11)14/h1-10,19H. The van der Waals surface area contributed by atoms with Crippen LogP contribution in [0.3, 0.4) is 0 Å². The molecule has 20 heavy (non-hydrogen) atoms. The molecule has 0 atom stereocenters. The Morgan fingerprint density at radius 1 is 0.850 bits per heavy atom. The molecule has 0 spiro atoms. The van der Waals surface area contributed by atoms with E-state index in [9.17, 15) is 5.11 Å². The molecule has 3 aromatic carbocycles. The quantitative estimate of drug-likeness (QED) is 0.697. The zero-order valence-electron chi connectivity index (χ0n) is 10.6. The van der Waals surface area contributed by atoms with Crippen molar-refractivity contribution < 1.29 is 5.11 Å². The monoisotopic (exact) mass is 277 g/mol. The van der Waals surface area contributed by atoms with Gasteiger partial charge >= 0.3 is 0 Å². The molecule has 0 unspecified atom stereocenters. The summed E-state index contributed by atoms with van der Waals surface area (Å²) < 4.78 is 0. The molecule has 1 N–H and O–H groups in total. The second-order valence-corrected chi connectivity index (χ2v) is 5.73. The third-order valence-corrected chi connectivity index (χ3v) is 4.47. The first kappa shape index (κ1) is 11.6. The average molecular weight is 277 g/mol. The number of aromatic hydroxyl groups is 1. The highest BCUT2D eigenvalue weighted by Gasteiger charge is 2.16. The lowest BCUT2D eigenvalue weighted by Gasteiger charge is -2.16. The van der Waals surface area contributed by atoms with Gasteiger partial charge in [-0.3, -0.25) is 0 Å². The maximum Gasteiger partial charge on any atom is 0.115 e. The summed E-state index contributed by atoms with van der Waals surface area (Å²) in [5.74, 6) is 0.276. The predicted octanol–water partition coefficient (Wildman–Crippen LogP) is 4.73. The van der Waals surface area contributed by atoms with Crippen LogP contribution in [0, 0.1) is 0 Å². The Morgan fingerprint density at radius 2 is 1.60 bits per heavy atom. The van der Waals surface area contributed by atoms with Crippen molar-refractivity contribution in [2.24, 2.45) is 4.99 Å². The molecular formula is C17H11NOS. The fourth-order valence-electron chi connectivity index (χ4n) is 2.43. The minimum Gasteiger partial charge on any atom is -0.508 e. The summed E-state index contributed by atoms with van der Waals surface area (Å²) in [4.78, 5) is 5.99. The van der Waals surface area contributed by atoms with Gasteiger partial charge in [0, 0.05) is 15.8 Å². The van der Waals surface area contributed by atoms with Crippen LogP contribution in [0.1, 0.15) is 5.56 Å². The van der Waals surface area contributed by atoms with Crippen LogP contribution in [-0.4, -0.2) is 10.2 Å². The van der Waals surface area contributed by atoms with Gasteiger partial charge in [0.2, 0.25) is 0 Å². The smallest absolute Gasteiger partial charge is 0.115 e. The van der Waals surface area contributed by atoms with E-state index in [1.54, 1.807) is 23.9 Å². The molecule has 1 aliphatic heterocycles. The van der Waals surface area contributed by atoms with Crippen LogP contribution in [0.15, 0.2) is 70.6 Å².